The number of anilines is 2. The molecule has 5 rings (SSSR count). The molecule has 4 nitrogen and oxygen atoms in total. The highest BCUT2D eigenvalue weighted by molar-refractivity contribution is 6.47. The minimum atomic E-state index is -0.353. The predicted octanol–water partition coefficient (Wildman–Crippen LogP) is 6.47. The Morgan fingerprint density at radius 1 is 0.676 bits per heavy atom. The predicted molar refractivity (Wildman–Crippen MR) is 139 cm³/mol. The van der Waals surface area contributed by atoms with Crippen molar-refractivity contribution in [1.29, 1.82) is 0 Å². The van der Waals surface area contributed by atoms with E-state index in [1.807, 2.05) is 100 Å². The Morgan fingerprint density at radius 2 is 1.38 bits per heavy atom. The van der Waals surface area contributed by atoms with Crippen molar-refractivity contribution < 1.29 is 9.59 Å². The van der Waals surface area contributed by atoms with E-state index in [-0.39, 0.29) is 11.8 Å². The number of benzene rings is 4. The lowest BCUT2D eigenvalue weighted by Crippen LogP contribution is -2.32. The molecule has 4 aromatic rings. The summed E-state index contributed by atoms with van der Waals surface area (Å²) < 4.78 is 0. The topological polar surface area (TPSA) is 49.4 Å². The molecule has 34 heavy (non-hydrogen) atoms. The summed E-state index contributed by atoms with van der Waals surface area (Å²) in [5, 5.41) is 5.14. The number of hydrogen-bond donors (Lipinski definition) is 1. The number of fused-ring (bicyclic) bond motifs is 1. The molecule has 0 spiro atoms. The minimum absolute atomic E-state index is 0.297. The number of carbonyl (C=O) groups is 2. The molecular weight excluding hydrogens is 420 g/mol. The van der Waals surface area contributed by atoms with Crippen molar-refractivity contribution in [3.05, 3.63) is 112 Å². The summed E-state index contributed by atoms with van der Waals surface area (Å²) in [7, 11) is 0. The maximum Gasteiger partial charge on any atom is 0.282 e. The summed E-state index contributed by atoms with van der Waals surface area (Å²) in [4.78, 5) is 29.1. The molecule has 1 N–H and O–H groups in total. The molecule has 1 aliphatic rings. The van der Waals surface area contributed by atoms with Gasteiger partial charge in [0.25, 0.3) is 11.8 Å². The van der Waals surface area contributed by atoms with Crippen LogP contribution < -0.4 is 10.2 Å². The van der Waals surface area contributed by atoms with E-state index < -0.39 is 0 Å². The van der Waals surface area contributed by atoms with E-state index in [1.54, 1.807) is 0 Å². The number of imide groups is 1. The van der Waals surface area contributed by atoms with Crippen LogP contribution in [0, 0.1) is 27.7 Å². The zero-order chi connectivity index (χ0) is 24.0. The van der Waals surface area contributed by atoms with Crippen molar-refractivity contribution >= 4 is 39.5 Å². The molecule has 168 valence electrons. The first kappa shape index (κ1) is 21.7. The van der Waals surface area contributed by atoms with Crippen molar-refractivity contribution in [3.8, 4) is 0 Å². The SMILES string of the molecule is Cc1cc(C)cc(NC2=C(c3ccc(C)c(C)c3)C(=O)N(c3cccc4ccccc34)C2=O)c1. The van der Waals surface area contributed by atoms with Crippen LogP contribution in [0.3, 0.4) is 0 Å². The standard InChI is InChI=1S/C30H26N2O2/c1-18-14-19(2)16-24(15-18)31-28-27(23-13-12-20(3)21(4)17-23)29(33)32(30(28)34)26-11-7-9-22-8-5-6-10-25(22)26/h5-17,31H,1-4H3. The Hall–Kier alpha value is -4.18. The van der Waals surface area contributed by atoms with Crippen LogP contribution in [0.2, 0.25) is 0 Å². The molecule has 1 aliphatic heterocycles. The molecular formula is C30H26N2O2. The molecule has 0 unspecified atom stereocenters. The molecule has 0 aliphatic carbocycles. The Morgan fingerprint density at radius 3 is 2.12 bits per heavy atom. The maximum absolute atomic E-state index is 13.9. The van der Waals surface area contributed by atoms with Gasteiger partial charge in [0.15, 0.2) is 0 Å². The zero-order valence-corrected chi connectivity index (χ0v) is 19.8. The summed E-state index contributed by atoms with van der Waals surface area (Å²) in [5.41, 5.74) is 7.16. The molecule has 0 bridgehead atoms. The minimum Gasteiger partial charge on any atom is -0.350 e. The first-order valence-electron chi connectivity index (χ1n) is 11.4. The van der Waals surface area contributed by atoms with Gasteiger partial charge in [-0.1, -0.05) is 60.7 Å². The fourth-order valence-corrected chi connectivity index (χ4v) is 4.62. The van der Waals surface area contributed by atoms with Crippen LogP contribution in [0.1, 0.15) is 27.8 Å². The number of nitrogens with zero attached hydrogens (tertiary/aromatic N) is 1. The average Bonchev–Trinajstić information content (AvgIpc) is 3.04. The number of aryl methyl sites for hydroxylation is 4. The molecule has 4 aromatic carbocycles. The number of nitrogens with one attached hydrogen (secondary N) is 1. The Kier molecular flexibility index (Phi) is 5.29. The molecule has 0 saturated heterocycles. The normalized spacial score (nSPS) is 13.8. The van der Waals surface area contributed by atoms with E-state index in [0.29, 0.717) is 17.0 Å². The van der Waals surface area contributed by atoms with Crippen LogP contribution in [-0.2, 0) is 9.59 Å². The van der Waals surface area contributed by atoms with Gasteiger partial charge in [-0.2, -0.15) is 0 Å². The molecule has 0 atom stereocenters. The van der Waals surface area contributed by atoms with E-state index in [2.05, 4.69) is 11.4 Å². The number of hydrogen-bond acceptors (Lipinski definition) is 3. The van der Waals surface area contributed by atoms with Gasteiger partial charge in [-0.05, 0) is 79.1 Å². The summed E-state index contributed by atoms with van der Waals surface area (Å²) >= 11 is 0. The summed E-state index contributed by atoms with van der Waals surface area (Å²) in [6.45, 7) is 8.08. The fraction of sp³-hybridized carbons (Fsp3) is 0.133. The Balaban J connectivity index is 1.69. The van der Waals surface area contributed by atoms with Gasteiger partial charge < -0.3 is 5.32 Å². The second-order valence-electron chi connectivity index (χ2n) is 8.99. The van der Waals surface area contributed by atoms with Gasteiger partial charge >= 0.3 is 0 Å². The third-order valence-electron chi connectivity index (χ3n) is 6.38. The largest absolute Gasteiger partial charge is 0.350 e. The van der Waals surface area contributed by atoms with Crippen molar-refractivity contribution in [2.75, 3.05) is 10.2 Å². The molecule has 0 saturated carbocycles. The van der Waals surface area contributed by atoms with Crippen molar-refractivity contribution in [2.45, 2.75) is 27.7 Å². The van der Waals surface area contributed by atoms with Gasteiger partial charge in [0.2, 0.25) is 0 Å². The van der Waals surface area contributed by atoms with Gasteiger partial charge in [0.05, 0.1) is 11.3 Å². The number of carbonyl (C=O) groups excluding carboxylic acids is 2. The average molecular weight is 447 g/mol. The summed E-state index contributed by atoms with van der Waals surface area (Å²) in [6, 6.07) is 25.4. The van der Waals surface area contributed by atoms with Crippen LogP contribution in [0.4, 0.5) is 11.4 Å². The Bertz CT molecular complexity index is 1490. The summed E-state index contributed by atoms with van der Waals surface area (Å²) in [6.07, 6.45) is 0. The van der Waals surface area contributed by atoms with Gasteiger partial charge in [-0.25, -0.2) is 4.90 Å². The maximum atomic E-state index is 13.9. The van der Waals surface area contributed by atoms with Crippen LogP contribution >= 0.6 is 0 Å². The lowest BCUT2D eigenvalue weighted by molar-refractivity contribution is -0.120. The van der Waals surface area contributed by atoms with E-state index in [4.69, 9.17) is 0 Å². The molecule has 2 amide bonds. The van der Waals surface area contributed by atoms with Gasteiger partial charge in [-0.15, -0.1) is 0 Å². The first-order valence-corrected chi connectivity index (χ1v) is 11.4. The fourth-order valence-electron chi connectivity index (χ4n) is 4.62. The van der Waals surface area contributed by atoms with Gasteiger partial charge in [0, 0.05) is 11.1 Å². The third-order valence-corrected chi connectivity index (χ3v) is 6.38. The van der Waals surface area contributed by atoms with Crippen molar-refractivity contribution in [2.24, 2.45) is 0 Å². The van der Waals surface area contributed by atoms with Gasteiger partial charge in [-0.3, -0.25) is 9.59 Å². The van der Waals surface area contributed by atoms with Crippen LogP contribution in [0.15, 0.2) is 84.6 Å². The van der Waals surface area contributed by atoms with Crippen LogP contribution in [0.5, 0.6) is 0 Å². The Labute approximate surface area is 199 Å². The molecule has 1 heterocycles. The quantitative estimate of drug-likeness (QED) is 0.366. The summed E-state index contributed by atoms with van der Waals surface area (Å²) in [5.74, 6) is -0.676. The lowest BCUT2D eigenvalue weighted by Gasteiger charge is -2.18. The van der Waals surface area contributed by atoms with E-state index in [0.717, 1.165) is 44.3 Å². The monoisotopic (exact) mass is 446 g/mol. The van der Waals surface area contributed by atoms with Crippen LogP contribution in [0.25, 0.3) is 16.3 Å². The van der Waals surface area contributed by atoms with E-state index in [9.17, 15) is 9.59 Å². The highest BCUT2D eigenvalue weighted by Crippen LogP contribution is 2.37. The van der Waals surface area contributed by atoms with Crippen molar-refractivity contribution in [1.82, 2.24) is 0 Å². The lowest BCUT2D eigenvalue weighted by atomic mass is 9.99. The highest BCUT2D eigenvalue weighted by atomic mass is 16.2. The zero-order valence-electron chi connectivity index (χ0n) is 19.8. The number of amides is 2. The highest BCUT2D eigenvalue weighted by Gasteiger charge is 2.41. The van der Waals surface area contributed by atoms with E-state index in [1.165, 1.54) is 4.90 Å². The molecule has 4 heteroatoms. The van der Waals surface area contributed by atoms with Gasteiger partial charge in [0.1, 0.15) is 5.70 Å². The number of rotatable bonds is 4. The molecule has 0 radical (unpaired) electrons. The first-order chi connectivity index (χ1) is 16.3. The smallest absolute Gasteiger partial charge is 0.282 e. The van der Waals surface area contributed by atoms with E-state index >= 15 is 0 Å². The molecule has 0 fully saturated rings. The van der Waals surface area contributed by atoms with Crippen molar-refractivity contribution in [3.63, 3.8) is 0 Å². The third kappa shape index (κ3) is 3.67. The second kappa shape index (κ2) is 8.31. The van der Waals surface area contributed by atoms with Crippen LogP contribution in [-0.4, -0.2) is 11.8 Å². The second-order valence-corrected chi connectivity index (χ2v) is 8.99. The molecule has 0 aromatic heterocycles.